The summed E-state index contributed by atoms with van der Waals surface area (Å²) in [4.78, 5) is 22.7. The van der Waals surface area contributed by atoms with Crippen LogP contribution in [0.4, 0.5) is 0 Å². The molecule has 2 rings (SSSR count). The van der Waals surface area contributed by atoms with Crippen LogP contribution in [-0.2, 0) is 9.84 Å². The quantitative estimate of drug-likeness (QED) is 0.795. The van der Waals surface area contributed by atoms with E-state index in [4.69, 9.17) is 4.42 Å². The molecule has 0 aliphatic heterocycles. The first-order valence-corrected chi connectivity index (χ1v) is 7.20. The maximum absolute atomic E-state index is 11.7. The van der Waals surface area contributed by atoms with Crippen LogP contribution < -0.4 is 5.43 Å². The van der Waals surface area contributed by atoms with E-state index in [-0.39, 0.29) is 21.6 Å². The molecule has 1 heterocycles. The zero-order valence-corrected chi connectivity index (χ0v) is 10.8. The summed E-state index contributed by atoms with van der Waals surface area (Å²) in [6.07, 6.45) is 2.68. The highest BCUT2D eigenvalue weighted by Crippen LogP contribution is 2.21. The van der Waals surface area contributed by atoms with Crippen molar-refractivity contribution in [1.29, 1.82) is 0 Å². The molecule has 0 saturated carbocycles. The number of hydrogen-bond donors (Lipinski definition) is 0. The first-order chi connectivity index (χ1) is 8.93. The Bertz CT molecular complexity index is 769. The van der Waals surface area contributed by atoms with Crippen LogP contribution in [0.3, 0.4) is 0 Å². The third-order valence-electron chi connectivity index (χ3n) is 2.59. The standard InChI is InChI=1S/C13H10O5S/c1-19(16,17)10-4-2-9(3-5-10)13-11(15)6-7-18-12(13)8-14/h2-8H,1H3. The van der Waals surface area contributed by atoms with Crippen molar-refractivity contribution in [2.75, 3.05) is 6.26 Å². The molecule has 0 aliphatic rings. The minimum Gasteiger partial charge on any atom is -0.461 e. The number of aldehydes is 1. The number of hydrogen-bond acceptors (Lipinski definition) is 5. The van der Waals surface area contributed by atoms with Crippen molar-refractivity contribution in [1.82, 2.24) is 0 Å². The van der Waals surface area contributed by atoms with Crippen molar-refractivity contribution in [3.63, 3.8) is 0 Å². The highest BCUT2D eigenvalue weighted by atomic mass is 32.2. The van der Waals surface area contributed by atoms with Gasteiger partial charge in [0, 0.05) is 12.3 Å². The molecule has 0 N–H and O–H groups in total. The molecule has 0 fully saturated rings. The molecule has 98 valence electrons. The number of sulfone groups is 1. The Balaban J connectivity index is 2.61. The zero-order chi connectivity index (χ0) is 14.0. The van der Waals surface area contributed by atoms with E-state index in [2.05, 4.69) is 0 Å². The van der Waals surface area contributed by atoms with Crippen LogP contribution in [-0.4, -0.2) is 21.0 Å². The third-order valence-corrected chi connectivity index (χ3v) is 3.71. The molecule has 0 unspecified atom stereocenters. The van der Waals surface area contributed by atoms with Gasteiger partial charge in [0.1, 0.15) is 0 Å². The molecule has 19 heavy (non-hydrogen) atoms. The first-order valence-electron chi connectivity index (χ1n) is 5.31. The highest BCUT2D eigenvalue weighted by Gasteiger charge is 2.12. The second-order valence-electron chi connectivity index (χ2n) is 3.94. The van der Waals surface area contributed by atoms with Gasteiger partial charge in [0.25, 0.3) is 0 Å². The lowest BCUT2D eigenvalue weighted by atomic mass is 10.1. The molecule has 0 bridgehead atoms. The van der Waals surface area contributed by atoms with Gasteiger partial charge in [-0.25, -0.2) is 8.42 Å². The van der Waals surface area contributed by atoms with Crippen LogP contribution in [0.25, 0.3) is 11.1 Å². The van der Waals surface area contributed by atoms with E-state index in [1.54, 1.807) is 0 Å². The van der Waals surface area contributed by atoms with Gasteiger partial charge >= 0.3 is 0 Å². The second-order valence-corrected chi connectivity index (χ2v) is 5.95. The molecule has 0 radical (unpaired) electrons. The summed E-state index contributed by atoms with van der Waals surface area (Å²) in [6.45, 7) is 0. The van der Waals surface area contributed by atoms with Crippen molar-refractivity contribution in [2.24, 2.45) is 0 Å². The van der Waals surface area contributed by atoms with Crippen molar-refractivity contribution in [3.8, 4) is 11.1 Å². The van der Waals surface area contributed by atoms with E-state index in [0.717, 1.165) is 12.5 Å². The van der Waals surface area contributed by atoms with E-state index in [0.29, 0.717) is 11.8 Å². The molecule has 0 saturated heterocycles. The number of rotatable bonds is 3. The van der Waals surface area contributed by atoms with E-state index in [1.165, 1.54) is 30.3 Å². The molecule has 0 atom stereocenters. The molecular formula is C13H10O5S. The summed E-state index contributed by atoms with van der Waals surface area (Å²) in [5.41, 5.74) is 0.196. The van der Waals surface area contributed by atoms with Gasteiger partial charge in [-0.3, -0.25) is 9.59 Å². The fraction of sp³-hybridized carbons (Fsp3) is 0.0769. The maximum Gasteiger partial charge on any atom is 0.193 e. The average Bonchev–Trinajstić information content (AvgIpc) is 2.37. The molecular weight excluding hydrogens is 268 g/mol. The lowest BCUT2D eigenvalue weighted by molar-refractivity contribution is 0.109. The molecule has 1 aromatic heterocycles. The van der Waals surface area contributed by atoms with E-state index in [9.17, 15) is 18.0 Å². The Labute approximate surface area is 109 Å². The normalized spacial score (nSPS) is 11.2. The van der Waals surface area contributed by atoms with Crippen LogP contribution in [0.5, 0.6) is 0 Å². The summed E-state index contributed by atoms with van der Waals surface area (Å²) in [5.74, 6) is -0.0837. The summed E-state index contributed by atoms with van der Waals surface area (Å²) < 4.78 is 27.6. The lowest BCUT2D eigenvalue weighted by Crippen LogP contribution is -2.06. The lowest BCUT2D eigenvalue weighted by Gasteiger charge is -2.04. The van der Waals surface area contributed by atoms with Gasteiger partial charge in [0.2, 0.25) is 0 Å². The van der Waals surface area contributed by atoms with Crippen LogP contribution in [0.1, 0.15) is 10.6 Å². The predicted molar refractivity (Wildman–Crippen MR) is 68.9 cm³/mol. The van der Waals surface area contributed by atoms with Gasteiger partial charge < -0.3 is 4.42 Å². The largest absolute Gasteiger partial charge is 0.461 e. The fourth-order valence-corrected chi connectivity index (χ4v) is 2.30. The van der Waals surface area contributed by atoms with E-state index >= 15 is 0 Å². The van der Waals surface area contributed by atoms with E-state index < -0.39 is 9.84 Å². The summed E-state index contributed by atoms with van der Waals surface area (Å²) >= 11 is 0. The number of benzene rings is 1. The van der Waals surface area contributed by atoms with Crippen LogP contribution >= 0.6 is 0 Å². The molecule has 1 aromatic carbocycles. The van der Waals surface area contributed by atoms with Gasteiger partial charge in [0.05, 0.1) is 16.7 Å². The molecule has 0 aliphatic carbocycles. The Morgan fingerprint density at radius 1 is 1.11 bits per heavy atom. The Kier molecular flexibility index (Phi) is 3.35. The van der Waals surface area contributed by atoms with Crippen LogP contribution in [0.15, 0.2) is 50.7 Å². The number of carbonyl (C=O) groups is 1. The first kappa shape index (κ1) is 13.2. The number of carbonyl (C=O) groups excluding carboxylic acids is 1. The SMILES string of the molecule is CS(=O)(=O)c1ccc(-c2c(C=O)occc2=O)cc1. The Morgan fingerprint density at radius 3 is 2.26 bits per heavy atom. The van der Waals surface area contributed by atoms with Crippen LogP contribution in [0.2, 0.25) is 0 Å². The topological polar surface area (TPSA) is 81.4 Å². The predicted octanol–water partition coefficient (Wildman–Crippen LogP) is 1.52. The van der Waals surface area contributed by atoms with Gasteiger partial charge in [-0.2, -0.15) is 0 Å². The molecule has 6 heteroatoms. The summed E-state index contributed by atoms with van der Waals surface area (Å²) in [6, 6.07) is 6.90. The van der Waals surface area contributed by atoms with Crippen molar-refractivity contribution >= 4 is 16.1 Å². The van der Waals surface area contributed by atoms with Crippen molar-refractivity contribution < 1.29 is 17.6 Å². The van der Waals surface area contributed by atoms with Gasteiger partial charge in [-0.05, 0) is 17.7 Å². The van der Waals surface area contributed by atoms with Gasteiger partial charge in [-0.15, -0.1) is 0 Å². The monoisotopic (exact) mass is 278 g/mol. The fourth-order valence-electron chi connectivity index (χ4n) is 1.67. The Morgan fingerprint density at radius 2 is 1.74 bits per heavy atom. The third kappa shape index (κ3) is 2.63. The molecule has 5 nitrogen and oxygen atoms in total. The van der Waals surface area contributed by atoms with Crippen molar-refractivity contribution in [3.05, 3.63) is 52.6 Å². The summed E-state index contributed by atoms with van der Waals surface area (Å²) in [7, 11) is -3.30. The zero-order valence-electron chi connectivity index (χ0n) is 9.99. The minimum atomic E-state index is -3.30. The minimum absolute atomic E-state index is 0.0837. The summed E-state index contributed by atoms with van der Waals surface area (Å²) in [5, 5.41) is 0. The van der Waals surface area contributed by atoms with Gasteiger partial charge in [0.15, 0.2) is 27.3 Å². The van der Waals surface area contributed by atoms with Crippen LogP contribution in [0, 0.1) is 0 Å². The molecule has 0 spiro atoms. The smallest absolute Gasteiger partial charge is 0.193 e. The highest BCUT2D eigenvalue weighted by molar-refractivity contribution is 7.90. The molecule has 2 aromatic rings. The van der Waals surface area contributed by atoms with E-state index in [1.807, 2.05) is 0 Å². The average molecular weight is 278 g/mol. The Hall–Kier alpha value is -2.21. The van der Waals surface area contributed by atoms with Crippen molar-refractivity contribution in [2.45, 2.75) is 4.90 Å². The maximum atomic E-state index is 11.7. The second kappa shape index (κ2) is 4.81. The van der Waals surface area contributed by atoms with Gasteiger partial charge in [-0.1, -0.05) is 12.1 Å². The molecule has 0 amide bonds.